The first-order valence-electron chi connectivity index (χ1n) is 4.94. The molecule has 0 aromatic heterocycles. The number of aryl methyl sites for hydroxylation is 1. The molecule has 0 saturated heterocycles. The molecule has 1 atom stereocenters. The molecule has 0 amide bonds. The minimum Gasteiger partial charge on any atom is -0.330 e. The number of benzene rings is 1. The van der Waals surface area contributed by atoms with Gasteiger partial charge in [-0.3, -0.25) is 4.79 Å². The molecule has 1 rings (SSSR count). The highest BCUT2D eigenvalue weighted by molar-refractivity contribution is 5.78. The van der Waals surface area contributed by atoms with Crippen molar-refractivity contribution in [3.05, 3.63) is 34.9 Å². The molecule has 0 radical (unpaired) electrons. The van der Waals surface area contributed by atoms with Crippen LogP contribution >= 0.6 is 0 Å². The molecule has 2 nitrogen and oxygen atoms in total. The van der Waals surface area contributed by atoms with Gasteiger partial charge in [-0.25, -0.2) is 0 Å². The van der Waals surface area contributed by atoms with Gasteiger partial charge in [-0.1, -0.05) is 24.6 Å². The van der Waals surface area contributed by atoms with Crippen molar-refractivity contribution in [1.29, 1.82) is 0 Å². The van der Waals surface area contributed by atoms with E-state index in [1.54, 1.807) is 0 Å². The van der Waals surface area contributed by atoms with Crippen molar-refractivity contribution in [1.82, 2.24) is 0 Å². The van der Waals surface area contributed by atoms with Gasteiger partial charge in [0.1, 0.15) is 6.29 Å². The summed E-state index contributed by atoms with van der Waals surface area (Å²) in [5, 5.41) is 0. The molecule has 0 heterocycles. The van der Waals surface area contributed by atoms with Crippen LogP contribution in [0.2, 0.25) is 0 Å². The fourth-order valence-electron chi connectivity index (χ4n) is 1.65. The summed E-state index contributed by atoms with van der Waals surface area (Å²) in [6, 6.07) is 5.99. The summed E-state index contributed by atoms with van der Waals surface area (Å²) < 4.78 is 0. The summed E-state index contributed by atoms with van der Waals surface area (Å²) >= 11 is 0. The standard InChI is InChI=1S/C12H17NO/c1-9-3-4-12(10(2)5-6-13)11(7-9)8-14/h3-4,7-8,10H,5-6,13H2,1-2H3. The number of carbonyl (C=O) groups is 1. The average molecular weight is 191 g/mol. The molecule has 2 N–H and O–H groups in total. The summed E-state index contributed by atoms with van der Waals surface area (Å²) in [5.74, 6) is 0.362. The van der Waals surface area contributed by atoms with Gasteiger partial charge < -0.3 is 5.73 Å². The van der Waals surface area contributed by atoms with Crippen molar-refractivity contribution >= 4 is 6.29 Å². The van der Waals surface area contributed by atoms with Crippen LogP contribution in [0.15, 0.2) is 18.2 Å². The van der Waals surface area contributed by atoms with Crippen LogP contribution in [0.25, 0.3) is 0 Å². The lowest BCUT2D eigenvalue weighted by molar-refractivity contribution is 0.112. The summed E-state index contributed by atoms with van der Waals surface area (Å²) in [5.41, 5.74) is 8.53. The minimum atomic E-state index is 0.362. The predicted molar refractivity (Wildman–Crippen MR) is 58.7 cm³/mol. The Bertz CT molecular complexity index is 320. The van der Waals surface area contributed by atoms with E-state index in [9.17, 15) is 4.79 Å². The molecule has 0 spiro atoms. The molecule has 0 fully saturated rings. The zero-order valence-electron chi connectivity index (χ0n) is 8.79. The SMILES string of the molecule is Cc1ccc(C(C)CCN)c(C=O)c1. The van der Waals surface area contributed by atoms with Crippen molar-refractivity contribution in [3.63, 3.8) is 0 Å². The highest BCUT2D eigenvalue weighted by Crippen LogP contribution is 2.22. The van der Waals surface area contributed by atoms with Gasteiger partial charge in [0.25, 0.3) is 0 Å². The van der Waals surface area contributed by atoms with Crippen LogP contribution in [0, 0.1) is 6.92 Å². The Kier molecular flexibility index (Phi) is 3.84. The minimum absolute atomic E-state index is 0.362. The second-order valence-corrected chi connectivity index (χ2v) is 3.73. The fraction of sp³-hybridized carbons (Fsp3) is 0.417. The predicted octanol–water partition coefficient (Wildman–Crippen LogP) is 2.26. The normalized spacial score (nSPS) is 12.5. The second kappa shape index (κ2) is 4.91. The molecule has 0 aliphatic carbocycles. The maximum absolute atomic E-state index is 10.9. The van der Waals surface area contributed by atoms with E-state index in [4.69, 9.17) is 5.73 Å². The zero-order chi connectivity index (χ0) is 10.6. The molecule has 1 unspecified atom stereocenters. The number of rotatable bonds is 4. The quantitative estimate of drug-likeness (QED) is 0.742. The largest absolute Gasteiger partial charge is 0.330 e. The van der Waals surface area contributed by atoms with Crippen LogP contribution in [-0.4, -0.2) is 12.8 Å². The lowest BCUT2D eigenvalue weighted by Gasteiger charge is -2.13. The number of hydrogen-bond donors (Lipinski definition) is 1. The van der Waals surface area contributed by atoms with Crippen LogP contribution in [-0.2, 0) is 0 Å². The van der Waals surface area contributed by atoms with Gasteiger partial charge >= 0.3 is 0 Å². The van der Waals surface area contributed by atoms with Crippen molar-refractivity contribution in [2.24, 2.45) is 5.73 Å². The summed E-state index contributed by atoms with van der Waals surface area (Å²) in [6.07, 6.45) is 1.85. The van der Waals surface area contributed by atoms with E-state index in [1.165, 1.54) is 0 Å². The molecule has 0 aliphatic heterocycles. The molecule has 1 aromatic rings. The van der Waals surface area contributed by atoms with Gasteiger partial charge in [0.2, 0.25) is 0 Å². The van der Waals surface area contributed by atoms with Crippen molar-refractivity contribution < 1.29 is 4.79 Å². The highest BCUT2D eigenvalue weighted by atomic mass is 16.1. The van der Waals surface area contributed by atoms with Gasteiger partial charge in [-0.05, 0) is 37.4 Å². The fourth-order valence-corrected chi connectivity index (χ4v) is 1.65. The molecule has 0 saturated carbocycles. The van der Waals surface area contributed by atoms with Crippen LogP contribution in [0.4, 0.5) is 0 Å². The third-order valence-electron chi connectivity index (χ3n) is 2.50. The van der Waals surface area contributed by atoms with E-state index in [1.807, 2.05) is 25.1 Å². The van der Waals surface area contributed by atoms with E-state index in [0.29, 0.717) is 12.5 Å². The smallest absolute Gasteiger partial charge is 0.150 e. The van der Waals surface area contributed by atoms with Gasteiger partial charge in [0.05, 0.1) is 0 Å². The number of nitrogens with two attached hydrogens (primary N) is 1. The molecule has 2 heteroatoms. The molecular weight excluding hydrogens is 174 g/mol. The Hall–Kier alpha value is -1.15. The lowest BCUT2D eigenvalue weighted by Crippen LogP contribution is -2.06. The highest BCUT2D eigenvalue weighted by Gasteiger charge is 2.09. The lowest BCUT2D eigenvalue weighted by atomic mass is 9.92. The second-order valence-electron chi connectivity index (χ2n) is 3.73. The molecule has 0 bridgehead atoms. The Balaban J connectivity index is 3.01. The maximum atomic E-state index is 10.9. The summed E-state index contributed by atoms with van der Waals surface area (Å²) in [6.45, 7) is 4.75. The van der Waals surface area contributed by atoms with E-state index >= 15 is 0 Å². The Morgan fingerprint density at radius 1 is 1.50 bits per heavy atom. The third kappa shape index (κ3) is 2.42. The van der Waals surface area contributed by atoms with E-state index in [0.717, 1.165) is 29.4 Å². The van der Waals surface area contributed by atoms with Gasteiger partial charge in [0, 0.05) is 5.56 Å². The number of hydrogen-bond acceptors (Lipinski definition) is 2. The number of carbonyl (C=O) groups excluding carboxylic acids is 1. The van der Waals surface area contributed by atoms with Gasteiger partial charge in [-0.15, -0.1) is 0 Å². The van der Waals surface area contributed by atoms with Crippen LogP contribution in [0.1, 0.15) is 40.7 Å². The molecule has 76 valence electrons. The van der Waals surface area contributed by atoms with Gasteiger partial charge in [0.15, 0.2) is 0 Å². The van der Waals surface area contributed by atoms with E-state index in [-0.39, 0.29) is 0 Å². The first-order chi connectivity index (χ1) is 6.69. The van der Waals surface area contributed by atoms with Crippen molar-refractivity contribution in [2.75, 3.05) is 6.54 Å². The van der Waals surface area contributed by atoms with Crippen LogP contribution in [0.3, 0.4) is 0 Å². The van der Waals surface area contributed by atoms with Crippen molar-refractivity contribution in [2.45, 2.75) is 26.2 Å². The molecular formula is C12H17NO. The summed E-state index contributed by atoms with van der Waals surface area (Å²) in [7, 11) is 0. The Morgan fingerprint density at radius 3 is 2.79 bits per heavy atom. The van der Waals surface area contributed by atoms with E-state index in [2.05, 4.69) is 6.92 Å². The zero-order valence-corrected chi connectivity index (χ0v) is 8.79. The Labute approximate surface area is 85.1 Å². The maximum Gasteiger partial charge on any atom is 0.150 e. The Morgan fingerprint density at radius 2 is 2.21 bits per heavy atom. The average Bonchev–Trinajstić information content (AvgIpc) is 2.17. The van der Waals surface area contributed by atoms with Crippen LogP contribution in [0.5, 0.6) is 0 Å². The van der Waals surface area contributed by atoms with Crippen molar-refractivity contribution in [3.8, 4) is 0 Å². The monoisotopic (exact) mass is 191 g/mol. The van der Waals surface area contributed by atoms with Crippen LogP contribution < -0.4 is 5.73 Å². The van der Waals surface area contributed by atoms with Gasteiger partial charge in [-0.2, -0.15) is 0 Å². The molecule has 1 aromatic carbocycles. The van der Waals surface area contributed by atoms with E-state index < -0.39 is 0 Å². The first-order valence-corrected chi connectivity index (χ1v) is 4.94. The third-order valence-corrected chi connectivity index (χ3v) is 2.50. The number of aldehydes is 1. The first kappa shape index (κ1) is 10.9. The summed E-state index contributed by atoms with van der Waals surface area (Å²) in [4.78, 5) is 10.9. The topological polar surface area (TPSA) is 43.1 Å². The molecule has 0 aliphatic rings. The molecule has 14 heavy (non-hydrogen) atoms.